The molecule has 13 aromatic carbocycles. The number of rotatable bonds is 10. The highest BCUT2D eigenvalue weighted by molar-refractivity contribution is 7.03. The van der Waals surface area contributed by atoms with Crippen LogP contribution in [0.2, 0.25) is 0 Å². The number of hydrogen-bond donors (Lipinski definition) is 0. The number of fused-ring (bicyclic) bond motifs is 14. The van der Waals surface area contributed by atoms with Gasteiger partial charge >= 0.3 is 0 Å². The first kappa shape index (κ1) is 53.8. The monoisotopic (exact) mass is 1210 g/mol. The molecule has 0 aliphatic carbocycles. The minimum atomic E-state index is -0.192. The number of methoxy groups -OCH3 is 4. The molecule has 0 atom stereocenters. The van der Waals surface area contributed by atoms with Gasteiger partial charge in [-0.1, -0.05) is 115 Å². The first-order valence-corrected chi connectivity index (χ1v) is 31.9. The smallest absolute Gasteiger partial charge is 0.252 e. The van der Waals surface area contributed by atoms with E-state index in [1.807, 2.05) is 0 Å². The molecule has 19 rings (SSSR count). The minimum absolute atomic E-state index is 0.192. The topological polar surface area (TPSA) is 59.7 Å². The second kappa shape index (κ2) is 20.8. The van der Waals surface area contributed by atoms with Crippen molar-refractivity contribution in [2.24, 2.45) is 0 Å². The molecule has 6 heterocycles. The molecule has 0 saturated heterocycles. The SMILES string of the molecule is COc1ccc2c(c1)c1cc(OC)ccc1n2-c1cc2c3c(c1)N(c1ccccc1)c1cc4c(cc1B3c1ccccc1N2c1ccccc1)B1c2ccccc2N(c2ccccc2)c2cc(-n3c5ccc(OC)cc5c5cc(OC)ccc53)cc(c21)N4c1ccccc1. The summed E-state index contributed by atoms with van der Waals surface area (Å²) in [7, 11) is 6.93. The van der Waals surface area contributed by atoms with E-state index in [9.17, 15) is 0 Å². The van der Waals surface area contributed by atoms with Gasteiger partial charge in [0.2, 0.25) is 0 Å². The summed E-state index contributed by atoms with van der Waals surface area (Å²) in [5.41, 5.74) is 26.8. The summed E-state index contributed by atoms with van der Waals surface area (Å²) in [5, 5.41) is 4.29. The molecule has 4 aliphatic heterocycles. The molecule has 94 heavy (non-hydrogen) atoms. The van der Waals surface area contributed by atoms with E-state index < -0.39 is 0 Å². The molecule has 0 radical (unpaired) electrons. The minimum Gasteiger partial charge on any atom is -0.497 e. The van der Waals surface area contributed by atoms with Gasteiger partial charge in [0.1, 0.15) is 23.0 Å². The van der Waals surface area contributed by atoms with E-state index in [1.54, 1.807) is 28.4 Å². The molecule has 446 valence electrons. The molecular formula is C82H58B2N6O4. The van der Waals surface area contributed by atoms with E-state index in [2.05, 4.69) is 308 Å². The third-order valence-electron chi connectivity index (χ3n) is 20.0. The zero-order chi connectivity index (χ0) is 62.4. The van der Waals surface area contributed by atoms with Crippen LogP contribution in [0.3, 0.4) is 0 Å². The van der Waals surface area contributed by atoms with Gasteiger partial charge in [-0.3, -0.25) is 0 Å². The number of benzene rings is 13. The van der Waals surface area contributed by atoms with Crippen LogP contribution in [0.25, 0.3) is 55.0 Å². The Kier molecular flexibility index (Phi) is 11.9. The maximum Gasteiger partial charge on any atom is 0.252 e. The van der Waals surface area contributed by atoms with Crippen LogP contribution in [0, 0.1) is 0 Å². The molecule has 0 spiro atoms. The fourth-order valence-corrected chi connectivity index (χ4v) is 16.1. The average molecular weight is 1210 g/mol. The van der Waals surface area contributed by atoms with Crippen molar-refractivity contribution < 1.29 is 18.9 Å². The highest BCUT2D eigenvalue weighted by Crippen LogP contribution is 2.51. The summed E-state index contributed by atoms with van der Waals surface area (Å²) in [6.45, 7) is -0.384. The fourth-order valence-electron chi connectivity index (χ4n) is 16.1. The van der Waals surface area contributed by atoms with Crippen LogP contribution in [0.1, 0.15) is 0 Å². The number of aromatic nitrogens is 2. The van der Waals surface area contributed by atoms with E-state index in [4.69, 9.17) is 18.9 Å². The lowest BCUT2D eigenvalue weighted by Gasteiger charge is -2.47. The van der Waals surface area contributed by atoms with Gasteiger partial charge < -0.3 is 47.7 Å². The standard InChI is InChI=1S/C82H58B2N6O4/c1-91-57-33-37-69-61(45-57)62-46-58(92-2)34-38-70(62)89(69)55-41-77-81-79(43-55)87(53-25-13-7-14-26-53)75-50-76-68(49-67(75)83(81)65-29-17-19-31-73(65)85(77)51-21-9-5-10-22-51)84-66-30-18-20-32-74(66)86(52-23-11-6-12-24-52)78-42-56(44-80(82(78)84)88(76)54-27-15-8-16-28-54)90-71-39-35-59(93-3)47-63(71)64-48-60(94-4)36-40-72(64)90/h5-50H,1-4H3. The second-order valence-corrected chi connectivity index (χ2v) is 24.6. The van der Waals surface area contributed by atoms with E-state index in [1.165, 1.54) is 32.8 Å². The first-order chi connectivity index (χ1) is 46.5. The molecule has 0 amide bonds. The Bertz CT molecular complexity index is 5160. The van der Waals surface area contributed by atoms with Crippen molar-refractivity contribution in [2.75, 3.05) is 48.0 Å². The van der Waals surface area contributed by atoms with E-state index in [0.717, 1.165) is 146 Å². The Labute approximate surface area is 544 Å². The van der Waals surface area contributed by atoms with Gasteiger partial charge in [0.05, 0.1) is 61.9 Å². The van der Waals surface area contributed by atoms with Crippen molar-refractivity contribution >= 4 is 158 Å². The highest BCUT2D eigenvalue weighted by atomic mass is 16.5. The third-order valence-corrected chi connectivity index (χ3v) is 20.0. The van der Waals surface area contributed by atoms with E-state index >= 15 is 0 Å². The molecule has 2 aromatic heterocycles. The number of ether oxygens (including phenoxy) is 4. The molecule has 0 fully saturated rings. The van der Waals surface area contributed by atoms with Crippen LogP contribution in [0.15, 0.2) is 279 Å². The molecule has 0 unspecified atom stereocenters. The maximum absolute atomic E-state index is 5.92. The quantitative estimate of drug-likeness (QED) is 0.126. The Balaban J connectivity index is 0.938. The molecule has 0 N–H and O–H groups in total. The number of para-hydroxylation sites is 6. The van der Waals surface area contributed by atoms with Crippen LogP contribution in [0.4, 0.5) is 68.2 Å². The predicted molar refractivity (Wildman–Crippen MR) is 389 cm³/mol. The van der Waals surface area contributed by atoms with Crippen LogP contribution < -0.4 is 71.3 Å². The molecular weight excluding hydrogens is 1150 g/mol. The Morgan fingerprint density at radius 1 is 0.223 bits per heavy atom. The summed E-state index contributed by atoms with van der Waals surface area (Å²) >= 11 is 0. The van der Waals surface area contributed by atoms with Crippen molar-refractivity contribution in [3.63, 3.8) is 0 Å². The fraction of sp³-hybridized carbons (Fsp3) is 0.0488. The number of anilines is 12. The van der Waals surface area contributed by atoms with Crippen molar-refractivity contribution in [1.29, 1.82) is 0 Å². The lowest BCUT2D eigenvalue weighted by atomic mass is 9.30. The van der Waals surface area contributed by atoms with Crippen LogP contribution in [0.5, 0.6) is 23.0 Å². The van der Waals surface area contributed by atoms with Crippen molar-refractivity contribution in [1.82, 2.24) is 9.13 Å². The Morgan fingerprint density at radius 2 is 0.500 bits per heavy atom. The zero-order valence-electron chi connectivity index (χ0n) is 52.0. The van der Waals surface area contributed by atoms with Gasteiger partial charge in [0.15, 0.2) is 0 Å². The molecule has 15 aromatic rings. The molecule has 4 aliphatic rings. The second-order valence-electron chi connectivity index (χ2n) is 24.6. The van der Waals surface area contributed by atoms with Gasteiger partial charge in [-0.15, -0.1) is 0 Å². The Morgan fingerprint density at radius 3 is 0.798 bits per heavy atom. The largest absolute Gasteiger partial charge is 0.497 e. The summed E-state index contributed by atoms with van der Waals surface area (Å²) in [4.78, 5) is 10.1. The van der Waals surface area contributed by atoms with Crippen molar-refractivity contribution in [2.45, 2.75) is 0 Å². The number of nitrogens with zero attached hydrogens (tertiary/aromatic N) is 6. The maximum atomic E-state index is 5.92. The van der Waals surface area contributed by atoms with Crippen LogP contribution in [-0.4, -0.2) is 51.0 Å². The highest BCUT2D eigenvalue weighted by Gasteiger charge is 2.49. The lowest BCUT2D eigenvalue weighted by Crippen LogP contribution is -2.65. The molecule has 10 nitrogen and oxygen atoms in total. The summed E-state index contributed by atoms with van der Waals surface area (Å²) in [6.07, 6.45) is 0. The average Bonchev–Trinajstić information content (AvgIpc) is 0.839. The first-order valence-electron chi connectivity index (χ1n) is 31.9. The lowest BCUT2D eigenvalue weighted by molar-refractivity contribution is 0.415. The number of hydrogen-bond acceptors (Lipinski definition) is 8. The zero-order valence-corrected chi connectivity index (χ0v) is 52.0. The molecule has 12 heteroatoms. The van der Waals surface area contributed by atoms with Gasteiger partial charge in [-0.05, 0) is 197 Å². The molecule has 0 bridgehead atoms. The normalized spacial score (nSPS) is 13.2. The van der Waals surface area contributed by atoms with E-state index in [-0.39, 0.29) is 13.4 Å². The van der Waals surface area contributed by atoms with Crippen molar-refractivity contribution in [3.05, 3.63) is 279 Å². The van der Waals surface area contributed by atoms with Crippen LogP contribution in [-0.2, 0) is 0 Å². The van der Waals surface area contributed by atoms with Crippen molar-refractivity contribution in [3.8, 4) is 34.4 Å². The summed E-state index contributed by atoms with van der Waals surface area (Å²) < 4.78 is 28.5. The summed E-state index contributed by atoms with van der Waals surface area (Å²) in [6, 6.07) is 103. The molecule has 0 saturated carbocycles. The predicted octanol–water partition coefficient (Wildman–Crippen LogP) is 16.1. The van der Waals surface area contributed by atoms with Gasteiger partial charge in [0.25, 0.3) is 13.4 Å². The third kappa shape index (κ3) is 7.74. The summed E-state index contributed by atoms with van der Waals surface area (Å²) in [5.74, 6) is 3.16. The van der Waals surface area contributed by atoms with E-state index in [0.29, 0.717) is 0 Å². The van der Waals surface area contributed by atoms with Gasteiger partial charge in [-0.25, -0.2) is 0 Å². The van der Waals surface area contributed by atoms with Crippen LogP contribution >= 0.6 is 0 Å². The van der Waals surface area contributed by atoms with Gasteiger partial charge in [0, 0.05) is 89.8 Å². The Hall–Kier alpha value is -12.0. The van der Waals surface area contributed by atoms with Gasteiger partial charge in [-0.2, -0.15) is 0 Å².